The topological polar surface area (TPSA) is 29.5 Å². The number of morpholine rings is 1. The number of allylic oxidation sites excluding steroid dienone is 1. The van der Waals surface area contributed by atoms with Crippen LogP contribution in [0.15, 0.2) is 30.3 Å². The number of rotatable bonds is 3. The quantitative estimate of drug-likeness (QED) is 0.797. The van der Waals surface area contributed by atoms with E-state index in [9.17, 15) is 4.79 Å². The van der Waals surface area contributed by atoms with Crippen molar-refractivity contribution < 1.29 is 9.53 Å². The van der Waals surface area contributed by atoms with E-state index in [1.165, 1.54) is 5.56 Å². The van der Waals surface area contributed by atoms with Gasteiger partial charge in [-0.25, -0.2) is 0 Å². The summed E-state index contributed by atoms with van der Waals surface area (Å²) >= 11 is 0. The molecule has 0 saturated carbocycles. The molecule has 2 rings (SSSR count). The van der Waals surface area contributed by atoms with E-state index in [1.54, 1.807) is 0 Å². The van der Waals surface area contributed by atoms with Crippen LogP contribution in [0.5, 0.6) is 0 Å². The molecule has 1 saturated heterocycles. The number of benzene rings is 1. The van der Waals surface area contributed by atoms with E-state index in [-0.39, 0.29) is 18.0 Å². The van der Waals surface area contributed by atoms with Gasteiger partial charge in [0.25, 0.3) is 0 Å². The van der Waals surface area contributed by atoms with E-state index in [0.29, 0.717) is 19.1 Å². The Bertz CT molecular complexity index is 535. The molecule has 0 spiro atoms. The zero-order valence-electron chi connectivity index (χ0n) is 14.3. The van der Waals surface area contributed by atoms with Crippen molar-refractivity contribution in [1.29, 1.82) is 0 Å². The summed E-state index contributed by atoms with van der Waals surface area (Å²) in [5.41, 5.74) is 3.45. The molecule has 2 unspecified atom stereocenters. The lowest BCUT2D eigenvalue weighted by atomic mass is 9.94. The summed E-state index contributed by atoms with van der Waals surface area (Å²) in [6.45, 7) is 11.7. The van der Waals surface area contributed by atoms with Crippen LogP contribution in [0.3, 0.4) is 0 Å². The molecule has 1 aromatic rings. The lowest BCUT2D eigenvalue weighted by molar-refractivity contribution is -0.138. The highest BCUT2D eigenvalue weighted by atomic mass is 16.5. The molecule has 1 aromatic carbocycles. The zero-order valence-corrected chi connectivity index (χ0v) is 14.3. The van der Waals surface area contributed by atoms with Crippen LogP contribution in [0.25, 0.3) is 5.57 Å². The van der Waals surface area contributed by atoms with E-state index in [4.69, 9.17) is 4.74 Å². The molecule has 0 N–H and O–H groups in total. The normalized spacial score (nSPS) is 23.0. The van der Waals surface area contributed by atoms with Gasteiger partial charge in [-0.05, 0) is 37.8 Å². The lowest BCUT2D eigenvalue weighted by Crippen LogP contribution is -2.52. The maximum absolute atomic E-state index is 12.8. The Hall–Kier alpha value is -1.61. The molecule has 2 atom stereocenters. The molecule has 0 aliphatic carbocycles. The summed E-state index contributed by atoms with van der Waals surface area (Å²) in [5.74, 6) is 0.394. The van der Waals surface area contributed by atoms with Crippen LogP contribution >= 0.6 is 0 Å². The van der Waals surface area contributed by atoms with Crippen LogP contribution in [0.1, 0.15) is 38.8 Å². The van der Waals surface area contributed by atoms with E-state index in [1.807, 2.05) is 24.8 Å². The van der Waals surface area contributed by atoms with Gasteiger partial charge >= 0.3 is 0 Å². The summed E-state index contributed by atoms with van der Waals surface area (Å²) < 4.78 is 5.51. The molecule has 1 aliphatic heterocycles. The molecule has 3 nitrogen and oxygen atoms in total. The Morgan fingerprint density at radius 1 is 1.18 bits per heavy atom. The molecule has 1 fully saturated rings. The number of aryl methyl sites for hydroxylation is 1. The fourth-order valence-corrected chi connectivity index (χ4v) is 2.98. The second kappa shape index (κ2) is 7.10. The first-order valence-electron chi connectivity index (χ1n) is 8.08. The number of hydrogen-bond donors (Lipinski definition) is 0. The molecule has 1 heterocycles. The van der Waals surface area contributed by atoms with Crippen LogP contribution < -0.4 is 0 Å². The predicted molar refractivity (Wildman–Crippen MR) is 90.6 cm³/mol. The molecular formula is C19H27NO2. The van der Waals surface area contributed by atoms with Crippen molar-refractivity contribution in [1.82, 2.24) is 4.90 Å². The minimum atomic E-state index is 0.0903. The summed E-state index contributed by atoms with van der Waals surface area (Å²) in [6.07, 6.45) is 1.81. The third kappa shape index (κ3) is 3.77. The zero-order chi connectivity index (χ0) is 16.3. The highest BCUT2D eigenvalue weighted by molar-refractivity contribution is 5.96. The molecule has 1 amide bonds. The monoisotopic (exact) mass is 301 g/mol. The van der Waals surface area contributed by atoms with Gasteiger partial charge in [-0.1, -0.05) is 43.7 Å². The SMILES string of the molecule is Cc1ccc(/C(=C/C(=O)N2C(C)COCC2C)C(C)C)cc1. The van der Waals surface area contributed by atoms with Crippen molar-refractivity contribution in [2.75, 3.05) is 13.2 Å². The lowest BCUT2D eigenvalue weighted by Gasteiger charge is -2.38. The Kier molecular flexibility index (Phi) is 5.41. The van der Waals surface area contributed by atoms with E-state index >= 15 is 0 Å². The Labute approximate surface area is 134 Å². The number of hydrogen-bond acceptors (Lipinski definition) is 2. The van der Waals surface area contributed by atoms with Gasteiger partial charge in [-0.3, -0.25) is 4.79 Å². The van der Waals surface area contributed by atoms with E-state index < -0.39 is 0 Å². The van der Waals surface area contributed by atoms with Gasteiger partial charge in [0.1, 0.15) is 0 Å². The van der Waals surface area contributed by atoms with Gasteiger partial charge in [0, 0.05) is 6.08 Å². The molecule has 22 heavy (non-hydrogen) atoms. The van der Waals surface area contributed by atoms with Crippen molar-refractivity contribution >= 4 is 11.5 Å². The van der Waals surface area contributed by atoms with Crippen molar-refractivity contribution in [3.8, 4) is 0 Å². The largest absolute Gasteiger partial charge is 0.377 e. The van der Waals surface area contributed by atoms with Crippen LogP contribution in [0, 0.1) is 12.8 Å². The number of carbonyl (C=O) groups excluding carboxylic acids is 1. The highest BCUT2D eigenvalue weighted by Crippen LogP contribution is 2.25. The van der Waals surface area contributed by atoms with E-state index in [2.05, 4.69) is 45.0 Å². The molecule has 0 aromatic heterocycles. The van der Waals surface area contributed by atoms with Crippen molar-refractivity contribution in [2.45, 2.75) is 46.7 Å². The minimum Gasteiger partial charge on any atom is -0.377 e. The summed E-state index contributed by atoms with van der Waals surface area (Å²) in [7, 11) is 0. The maximum atomic E-state index is 12.8. The maximum Gasteiger partial charge on any atom is 0.247 e. The van der Waals surface area contributed by atoms with Crippen LogP contribution in [-0.4, -0.2) is 36.1 Å². The van der Waals surface area contributed by atoms with Crippen LogP contribution in [0.2, 0.25) is 0 Å². The standard InChI is InChI=1S/C19H27NO2/c1-13(2)18(17-8-6-14(3)7-9-17)10-19(21)20-15(4)11-22-12-16(20)5/h6-10,13,15-16H,11-12H2,1-5H3/b18-10+. The number of ether oxygens (including phenoxy) is 1. The predicted octanol–water partition coefficient (Wildman–Crippen LogP) is 3.67. The van der Waals surface area contributed by atoms with Crippen LogP contribution in [0.4, 0.5) is 0 Å². The Balaban J connectivity index is 2.29. The smallest absolute Gasteiger partial charge is 0.247 e. The van der Waals surface area contributed by atoms with Gasteiger partial charge in [0.05, 0.1) is 25.3 Å². The molecule has 3 heteroatoms. The summed E-state index contributed by atoms with van der Waals surface area (Å²) in [6, 6.07) is 8.63. The van der Waals surface area contributed by atoms with Crippen molar-refractivity contribution in [3.05, 3.63) is 41.5 Å². The van der Waals surface area contributed by atoms with Gasteiger partial charge in [0.15, 0.2) is 0 Å². The average molecular weight is 301 g/mol. The number of nitrogens with zero attached hydrogens (tertiary/aromatic N) is 1. The third-order valence-electron chi connectivity index (χ3n) is 4.21. The van der Waals surface area contributed by atoms with Crippen LogP contribution in [-0.2, 0) is 9.53 Å². The second-order valence-electron chi connectivity index (χ2n) is 6.60. The number of amides is 1. The third-order valence-corrected chi connectivity index (χ3v) is 4.21. The first-order valence-corrected chi connectivity index (χ1v) is 8.08. The fraction of sp³-hybridized carbons (Fsp3) is 0.526. The molecular weight excluding hydrogens is 274 g/mol. The fourth-order valence-electron chi connectivity index (χ4n) is 2.98. The van der Waals surface area contributed by atoms with Crippen molar-refractivity contribution in [3.63, 3.8) is 0 Å². The molecule has 1 aliphatic rings. The summed E-state index contributed by atoms with van der Waals surface area (Å²) in [5, 5.41) is 0. The Morgan fingerprint density at radius 2 is 1.73 bits per heavy atom. The van der Waals surface area contributed by atoms with E-state index in [0.717, 1.165) is 11.1 Å². The van der Waals surface area contributed by atoms with Gasteiger partial charge in [0.2, 0.25) is 5.91 Å². The first-order chi connectivity index (χ1) is 10.4. The molecule has 0 radical (unpaired) electrons. The van der Waals surface area contributed by atoms with Crippen molar-refractivity contribution in [2.24, 2.45) is 5.92 Å². The van der Waals surface area contributed by atoms with Gasteiger partial charge < -0.3 is 9.64 Å². The summed E-state index contributed by atoms with van der Waals surface area (Å²) in [4.78, 5) is 14.7. The Morgan fingerprint density at radius 3 is 2.23 bits per heavy atom. The minimum absolute atomic E-state index is 0.0903. The highest BCUT2D eigenvalue weighted by Gasteiger charge is 2.28. The molecule has 0 bridgehead atoms. The average Bonchev–Trinajstić information content (AvgIpc) is 2.45. The second-order valence-corrected chi connectivity index (χ2v) is 6.60. The van der Waals surface area contributed by atoms with Gasteiger partial charge in [-0.2, -0.15) is 0 Å². The molecule has 120 valence electrons. The van der Waals surface area contributed by atoms with Gasteiger partial charge in [-0.15, -0.1) is 0 Å². The first kappa shape index (κ1) is 16.8. The number of carbonyl (C=O) groups is 1.